The molecule has 1 aliphatic heterocycles. The molecule has 0 spiro atoms. The van der Waals surface area contributed by atoms with Crippen LogP contribution in [-0.2, 0) is 7.05 Å². The van der Waals surface area contributed by atoms with Gasteiger partial charge in [-0.3, -0.25) is 0 Å². The van der Waals surface area contributed by atoms with Crippen molar-refractivity contribution < 1.29 is 0 Å². The van der Waals surface area contributed by atoms with Crippen molar-refractivity contribution in [2.45, 2.75) is 0 Å². The van der Waals surface area contributed by atoms with Crippen LogP contribution >= 0.6 is 0 Å². The summed E-state index contributed by atoms with van der Waals surface area (Å²) < 4.78 is 2.06. The molecule has 3 rings (SSSR count). The highest BCUT2D eigenvalue weighted by molar-refractivity contribution is 5.90. The van der Waals surface area contributed by atoms with Gasteiger partial charge in [-0.15, -0.1) is 0 Å². The summed E-state index contributed by atoms with van der Waals surface area (Å²) in [5.41, 5.74) is 4.92. The monoisotopic (exact) mass is 199 g/mol. The number of aromatic nitrogens is 2. The maximum Gasteiger partial charge on any atom is 0.0960 e. The largest absolute Gasteiger partial charge is 0.334 e. The van der Waals surface area contributed by atoms with Gasteiger partial charge in [0.1, 0.15) is 0 Å². The van der Waals surface area contributed by atoms with Crippen LogP contribution in [0.15, 0.2) is 30.6 Å². The first-order valence-electron chi connectivity index (χ1n) is 5.16. The Balaban J connectivity index is 2.26. The van der Waals surface area contributed by atoms with Crippen LogP contribution in [0.5, 0.6) is 0 Å². The van der Waals surface area contributed by atoms with Gasteiger partial charge in [0.2, 0.25) is 0 Å². The van der Waals surface area contributed by atoms with E-state index < -0.39 is 0 Å². The molecule has 2 heterocycles. The quantitative estimate of drug-likeness (QED) is 0.755. The zero-order valence-corrected chi connectivity index (χ0v) is 8.70. The molecule has 0 unspecified atom stereocenters. The van der Waals surface area contributed by atoms with Crippen LogP contribution in [0.2, 0.25) is 0 Å². The number of hydrogen-bond acceptors (Lipinski definition) is 2. The second kappa shape index (κ2) is 3.21. The Morgan fingerprint density at radius 1 is 1.40 bits per heavy atom. The van der Waals surface area contributed by atoms with E-state index in [0.29, 0.717) is 0 Å². The molecule has 1 aromatic heterocycles. The molecule has 3 heteroatoms. The first-order valence-corrected chi connectivity index (χ1v) is 5.16. The fourth-order valence-electron chi connectivity index (χ4n) is 2.10. The number of fused-ring (bicyclic) bond motifs is 1. The number of imidazole rings is 1. The Labute approximate surface area is 88.4 Å². The van der Waals surface area contributed by atoms with Crippen molar-refractivity contribution in [3.8, 4) is 0 Å². The molecule has 1 aromatic carbocycles. The predicted molar refractivity (Wildman–Crippen MR) is 61.6 cm³/mol. The Hall–Kier alpha value is -1.61. The van der Waals surface area contributed by atoms with Crippen LogP contribution in [0.1, 0.15) is 5.56 Å². The second-order valence-corrected chi connectivity index (χ2v) is 3.89. The smallest absolute Gasteiger partial charge is 0.0960 e. The van der Waals surface area contributed by atoms with Gasteiger partial charge in [0.25, 0.3) is 0 Å². The number of nitrogens with one attached hydrogen (secondary N) is 1. The third-order valence-corrected chi connectivity index (χ3v) is 2.91. The van der Waals surface area contributed by atoms with Crippen molar-refractivity contribution in [3.63, 3.8) is 0 Å². The van der Waals surface area contributed by atoms with Gasteiger partial charge < -0.3 is 9.88 Å². The highest BCUT2D eigenvalue weighted by atomic mass is 15.0. The molecule has 2 aromatic rings. The molecule has 0 atom stereocenters. The van der Waals surface area contributed by atoms with Gasteiger partial charge >= 0.3 is 0 Å². The molecule has 0 fully saturated rings. The summed E-state index contributed by atoms with van der Waals surface area (Å²) in [4.78, 5) is 4.46. The lowest BCUT2D eigenvalue weighted by Crippen LogP contribution is -2.07. The van der Waals surface area contributed by atoms with Crippen molar-refractivity contribution >= 4 is 16.6 Å². The average molecular weight is 199 g/mol. The van der Waals surface area contributed by atoms with Gasteiger partial charge in [-0.25, -0.2) is 4.98 Å². The summed E-state index contributed by atoms with van der Waals surface area (Å²) in [6, 6.07) is 6.35. The Kier molecular flexibility index (Phi) is 1.86. The van der Waals surface area contributed by atoms with Gasteiger partial charge in [0, 0.05) is 25.7 Å². The first kappa shape index (κ1) is 8.68. The maximum atomic E-state index is 4.46. The highest BCUT2D eigenvalue weighted by Gasteiger charge is 2.11. The van der Waals surface area contributed by atoms with E-state index in [1.165, 1.54) is 16.7 Å². The summed E-state index contributed by atoms with van der Waals surface area (Å²) in [6.07, 6.45) is 4.11. The predicted octanol–water partition coefficient (Wildman–Crippen LogP) is 1.56. The lowest BCUT2D eigenvalue weighted by molar-refractivity contribution is 0.897. The Morgan fingerprint density at radius 2 is 2.33 bits per heavy atom. The van der Waals surface area contributed by atoms with Gasteiger partial charge in [-0.1, -0.05) is 18.2 Å². The fraction of sp³-hybridized carbons (Fsp3) is 0.250. The van der Waals surface area contributed by atoms with Crippen molar-refractivity contribution in [2.24, 2.45) is 7.05 Å². The van der Waals surface area contributed by atoms with E-state index in [9.17, 15) is 0 Å². The van der Waals surface area contributed by atoms with Crippen LogP contribution in [0.4, 0.5) is 0 Å². The van der Waals surface area contributed by atoms with Crippen molar-refractivity contribution in [3.05, 3.63) is 36.2 Å². The second-order valence-electron chi connectivity index (χ2n) is 3.89. The maximum absolute atomic E-state index is 4.46. The molecule has 76 valence electrons. The normalized spacial score (nSPS) is 15.9. The fourth-order valence-corrected chi connectivity index (χ4v) is 2.10. The van der Waals surface area contributed by atoms with Crippen LogP contribution in [0.25, 0.3) is 16.6 Å². The number of aryl methyl sites for hydroxylation is 1. The molecule has 3 nitrogen and oxygen atoms in total. The van der Waals surface area contributed by atoms with E-state index in [2.05, 4.69) is 39.1 Å². The lowest BCUT2D eigenvalue weighted by atomic mass is 10.1. The molecule has 0 saturated carbocycles. The lowest BCUT2D eigenvalue weighted by Gasteiger charge is -2.03. The third-order valence-electron chi connectivity index (χ3n) is 2.91. The zero-order valence-electron chi connectivity index (χ0n) is 8.70. The van der Waals surface area contributed by atoms with E-state index >= 15 is 0 Å². The topological polar surface area (TPSA) is 29.9 Å². The SMILES string of the molecule is Cn1cnc2c(C3=CCNC3)cccc21. The molecule has 0 saturated heterocycles. The van der Waals surface area contributed by atoms with Crippen LogP contribution in [0, 0.1) is 0 Å². The van der Waals surface area contributed by atoms with E-state index in [-0.39, 0.29) is 0 Å². The van der Waals surface area contributed by atoms with Gasteiger partial charge in [-0.05, 0) is 11.6 Å². The summed E-state index contributed by atoms with van der Waals surface area (Å²) in [6.45, 7) is 1.92. The Bertz CT molecular complexity index is 537. The van der Waals surface area contributed by atoms with E-state index in [1.54, 1.807) is 0 Å². The van der Waals surface area contributed by atoms with Crippen LogP contribution in [0.3, 0.4) is 0 Å². The van der Waals surface area contributed by atoms with E-state index in [1.807, 2.05) is 13.4 Å². The number of benzene rings is 1. The average Bonchev–Trinajstić information content (AvgIpc) is 2.88. The molecular formula is C12H13N3. The molecule has 1 N–H and O–H groups in total. The zero-order chi connectivity index (χ0) is 10.3. The van der Waals surface area contributed by atoms with Gasteiger partial charge in [-0.2, -0.15) is 0 Å². The van der Waals surface area contributed by atoms with E-state index in [4.69, 9.17) is 0 Å². The molecule has 0 bridgehead atoms. The number of para-hydroxylation sites is 1. The molecule has 15 heavy (non-hydrogen) atoms. The van der Waals surface area contributed by atoms with E-state index in [0.717, 1.165) is 18.6 Å². The summed E-state index contributed by atoms with van der Waals surface area (Å²) in [7, 11) is 2.03. The summed E-state index contributed by atoms with van der Waals surface area (Å²) in [5.74, 6) is 0. The third kappa shape index (κ3) is 1.27. The van der Waals surface area contributed by atoms with Gasteiger partial charge in [0.05, 0.1) is 17.4 Å². The molecule has 0 aliphatic carbocycles. The van der Waals surface area contributed by atoms with Crippen molar-refractivity contribution in [2.75, 3.05) is 13.1 Å². The highest BCUT2D eigenvalue weighted by Crippen LogP contribution is 2.24. The van der Waals surface area contributed by atoms with Crippen LogP contribution in [-0.4, -0.2) is 22.6 Å². The summed E-state index contributed by atoms with van der Waals surface area (Å²) in [5, 5.41) is 3.32. The first-order chi connectivity index (χ1) is 7.36. The van der Waals surface area contributed by atoms with Gasteiger partial charge in [0.15, 0.2) is 0 Å². The number of rotatable bonds is 1. The molecular weight excluding hydrogens is 186 g/mol. The minimum absolute atomic E-state index is 0.954. The minimum atomic E-state index is 0.954. The number of hydrogen-bond donors (Lipinski definition) is 1. The number of nitrogens with zero attached hydrogens (tertiary/aromatic N) is 2. The van der Waals surface area contributed by atoms with Crippen LogP contribution < -0.4 is 5.32 Å². The molecule has 0 amide bonds. The molecule has 0 radical (unpaired) electrons. The minimum Gasteiger partial charge on any atom is -0.334 e. The molecule has 1 aliphatic rings. The Morgan fingerprint density at radius 3 is 3.13 bits per heavy atom. The standard InChI is InChI=1S/C12H13N3/c1-15-8-14-12-10(3-2-4-11(12)15)9-5-6-13-7-9/h2-5,8,13H,6-7H2,1H3. The van der Waals surface area contributed by atoms with Crippen molar-refractivity contribution in [1.82, 2.24) is 14.9 Å². The summed E-state index contributed by atoms with van der Waals surface area (Å²) >= 11 is 0. The van der Waals surface area contributed by atoms with Crippen molar-refractivity contribution in [1.29, 1.82) is 0 Å².